The lowest BCUT2D eigenvalue weighted by Gasteiger charge is -2.24. The molecule has 0 amide bonds. The summed E-state index contributed by atoms with van der Waals surface area (Å²) in [6.07, 6.45) is 7.41. The zero-order chi connectivity index (χ0) is 13.2. The third-order valence-electron chi connectivity index (χ3n) is 3.77. The smallest absolute Gasteiger partial charge is 0.0934 e. The summed E-state index contributed by atoms with van der Waals surface area (Å²) in [5.41, 5.74) is 3.97. The van der Waals surface area contributed by atoms with Gasteiger partial charge in [-0.15, -0.1) is 11.3 Å². The van der Waals surface area contributed by atoms with Gasteiger partial charge >= 0.3 is 0 Å². The first-order valence-electron chi connectivity index (χ1n) is 6.65. The molecule has 0 saturated heterocycles. The number of nitrogens with zero attached hydrogens (tertiary/aromatic N) is 1. The summed E-state index contributed by atoms with van der Waals surface area (Å²) in [5.74, 6) is 0. The van der Waals surface area contributed by atoms with E-state index in [4.69, 9.17) is 11.6 Å². The minimum atomic E-state index is 0.437. The molecular formula is C15H17ClN2S. The molecule has 2 heterocycles. The number of hydrogen-bond acceptors (Lipinski definition) is 3. The van der Waals surface area contributed by atoms with E-state index in [1.54, 1.807) is 11.3 Å². The second kappa shape index (κ2) is 5.61. The van der Waals surface area contributed by atoms with Gasteiger partial charge < -0.3 is 5.32 Å². The van der Waals surface area contributed by atoms with Gasteiger partial charge in [-0.25, -0.2) is 0 Å². The van der Waals surface area contributed by atoms with Crippen molar-refractivity contribution in [3.8, 4) is 0 Å². The molecule has 0 saturated carbocycles. The summed E-state index contributed by atoms with van der Waals surface area (Å²) < 4.78 is 0.913. The van der Waals surface area contributed by atoms with Crippen LogP contribution in [0.4, 0.5) is 0 Å². The first kappa shape index (κ1) is 13.1. The molecule has 1 atom stereocenters. The van der Waals surface area contributed by atoms with Gasteiger partial charge in [-0.05, 0) is 55.0 Å². The first-order valence-corrected chi connectivity index (χ1v) is 7.84. The number of nitrogens with one attached hydrogen (secondary N) is 1. The Kier molecular flexibility index (Phi) is 3.87. The summed E-state index contributed by atoms with van der Waals surface area (Å²) in [6, 6.07) is 4.63. The molecule has 0 fully saturated rings. The van der Waals surface area contributed by atoms with Crippen LogP contribution in [0.15, 0.2) is 24.5 Å². The van der Waals surface area contributed by atoms with Crippen molar-refractivity contribution in [2.24, 2.45) is 0 Å². The van der Waals surface area contributed by atoms with Crippen LogP contribution in [-0.2, 0) is 13.0 Å². The summed E-state index contributed by atoms with van der Waals surface area (Å²) in [7, 11) is 0. The number of aryl methyl sites for hydroxylation is 2. The number of aromatic nitrogens is 1. The van der Waals surface area contributed by atoms with Crippen LogP contribution >= 0.6 is 22.9 Å². The molecule has 0 spiro atoms. The van der Waals surface area contributed by atoms with Gasteiger partial charge in [0.25, 0.3) is 0 Å². The van der Waals surface area contributed by atoms with Gasteiger partial charge in [-0.1, -0.05) is 11.6 Å². The van der Waals surface area contributed by atoms with Crippen LogP contribution < -0.4 is 5.32 Å². The maximum Gasteiger partial charge on any atom is 0.0934 e. The van der Waals surface area contributed by atoms with Gasteiger partial charge in [0.05, 0.1) is 4.34 Å². The highest BCUT2D eigenvalue weighted by atomic mass is 35.5. The molecule has 2 aromatic heterocycles. The molecule has 1 aliphatic carbocycles. The van der Waals surface area contributed by atoms with Gasteiger partial charge in [-0.2, -0.15) is 0 Å². The fourth-order valence-corrected chi connectivity index (χ4v) is 4.03. The molecule has 0 aliphatic heterocycles. The first-order chi connectivity index (χ1) is 9.24. The average molecular weight is 293 g/mol. The highest BCUT2D eigenvalue weighted by Gasteiger charge is 2.22. The minimum Gasteiger partial charge on any atom is -0.306 e. The Hall–Kier alpha value is -0.900. The molecular weight excluding hydrogens is 276 g/mol. The van der Waals surface area contributed by atoms with E-state index in [0.717, 1.165) is 10.9 Å². The van der Waals surface area contributed by atoms with Crippen molar-refractivity contribution < 1.29 is 0 Å². The van der Waals surface area contributed by atoms with Gasteiger partial charge in [0.1, 0.15) is 0 Å². The van der Waals surface area contributed by atoms with Crippen LogP contribution in [0.3, 0.4) is 0 Å². The van der Waals surface area contributed by atoms with E-state index >= 15 is 0 Å². The molecule has 1 unspecified atom stereocenters. The third kappa shape index (κ3) is 2.83. The largest absolute Gasteiger partial charge is 0.306 e. The maximum absolute atomic E-state index is 6.14. The molecule has 2 nitrogen and oxygen atoms in total. The number of rotatable bonds is 3. The lowest BCUT2D eigenvalue weighted by atomic mass is 9.94. The van der Waals surface area contributed by atoms with E-state index < -0.39 is 0 Å². The maximum atomic E-state index is 6.14. The highest BCUT2D eigenvalue weighted by molar-refractivity contribution is 7.16. The fraction of sp³-hybridized carbons (Fsp3) is 0.400. The second-order valence-corrected chi connectivity index (χ2v) is 6.82. The highest BCUT2D eigenvalue weighted by Crippen LogP contribution is 2.37. The monoisotopic (exact) mass is 292 g/mol. The Morgan fingerprint density at radius 1 is 1.53 bits per heavy atom. The minimum absolute atomic E-state index is 0.437. The van der Waals surface area contributed by atoms with Crippen LogP contribution in [0.25, 0.3) is 0 Å². The summed E-state index contributed by atoms with van der Waals surface area (Å²) in [4.78, 5) is 5.65. The van der Waals surface area contributed by atoms with Crippen LogP contribution in [0.1, 0.15) is 40.5 Å². The van der Waals surface area contributed by atoms with Crippen molar-refractivity contribution in [3.05, 3.63) is 50.4 Å². The second-order valence-electron chi connectivity index (χ2n) is 5.06. The number of fused-ring (bicyclic) bond motifs is 1. The molecule has 2 aromatic rings. The van der Waals surface area contributed by atoms with Gasteiger partial charge in [0, 0.05) is 29.9 Å². The fourth-order valence-electron chi connectivity index (χ4n) is 2.65. The molecule has 1 aliphatic rings. The molecule has 3 rings (SSSR count). The number of halogens is 1. The standard InChI is InChI=1S/C15H17ClN2S/c1-10-5-6-17-8-11(10)9-18-13-3-2-4-14-12(13)7-15(16)19-14/h5-8,13,18H,2-4,9H2,1H3. The van der Waals surface area contributed by atoms with Crippen molar-refractivity contribution in [1.29, 1.82) is 0 Å². The van der Waals surface area contributed by atoms with Crippen LogP contribution in [0.2, 0.25) is 4.34 Å². The molecule has 100 valence electrons. The van der Waals surface area contributed by atoms with E-state index in [2.05, 4.69) is 29.4 Å². The predicted molar refractivity (Wildman–Crippen MR) is 80.8 cm³/mol. The summed E-state index contributed by atoms with van der Waals surface area (Å²) >= 11 is 7.87. The zero-order valence-corrected chi connectivity index (χ0v) is 12.5. The Balaban J connectivity index is 1.73. The zero-order valence-electron chi connectivity index (χ0n) is 10.9. The topological polar surface area (TPSA) is 24.9 Å². The van der Waals surface area contributed by atoms with Crippen molar-refractivity contribution in [1.82, 2.24) is 10.3 Å². The number of thiophene rings is 1. The lowest BCUT2D eigenvalue weighted by molar-refractivity contribution is 0.462. The number of hydrogen-bond donors (Lipinski definition) is 1. The quantitative estimate of drug-likeness (QED) is 0.914. The van der Waals surface area contributed by atoms with Gasteiger partial charge in [0.15, 0.2) is 0 Å². The van der Waals surface area contributed by atoms with E-state index in [0.29, 0.717) is 6.04 Å². The predicted octanol–water partition coefficient (Wildman–Crippen LogP) is 4.27. The Morgan fingerprint density at radius 3 is 3.26 bits per heavy atom. The Morgan fingerprint density at radius 2 is 2.42 bits per heavy atom. The molecule has 19 heavy (non-hydrogen) atoms. The SMILES string of the molecule is Cc1ccncc1CNC1CCCc2sc(Cl)cc21. The third-order valence-corrected chi connectivity index (χ3v) is 5.11. The normalized spacial score (nSPS) is 18.3. The van der Waals surface area contributed by atoms with Gasteiger partial charge in [0.2, 0.25) is 0 Å². The van der Waals surface area contributed by atoms with Crippen molar-refractivity contribution in [2.45, 2.75) is 38.8 Å². The summed E-state index contributed by atoms with van der Waals surface area (Å²) in [6.45, 7) is 3.00. The van der Waals surface area contributed by atoms with E-state index in [1.807, 2.05) is 12.4 Å². The molecule has 1 N–H and O–H groups in total. The van der Waals surface area contributed by atoms with Crippen LogP contribution in [-0.4, -0.2) is 4.98 Å². The Labute approximate surface area is 122 Å². The average Bonchev–Trinajstić information content (AvgIpc) is 2.78. The van der Waals surface area contributed by atoms with Gasteiger partial charge in [-0.3, -0.25) is 4.98 Å². The van der Waals surface area contributed by atoms with Crippen molar-refractivity contribution in [2.75, 3.05) is 0 Å². The molecule has 4 heteroatoms. The van der Waals surface area contributed by atoms with Crippen LogP contribution in [0, 0.1) is 6.92 Å². The summed E-state index contributed by atoms with van der Waals surface area (Å²) in [5, 5.41) is 3.66. The molecule has 0 radical (unpaired) electrons. The molecule has 0 aromatic carbocycles. The molecule has 0 bridgehead atoms. The lowest BCUT2D eigenvalue weighted by Crippen LogP contribution is -2.24. The number of pyridine rings is 1. The van der Waals surface area contributed by atoms with E-state index in [9.17, 15) is 0 Å². The van der Waals surface area contributed by atoms with Crippen molar-refractivity contribution >= 4 is 22.9 Å². The Bertz CT molecular complexity index is 579. The van der Waals surface area contributed by atoms with Crippen molar-refractivity contribution in [3.63, 3.8) is 0 Å². The van der Waals surface area contributed by atoms with Crippen LogP contribution in [0.5, 0.6) is 0 Å². The van der Waals surface area contributed by atoms with E-state index in [1.165, 1.54) is 40.8 Å². The van der Waals surface area contributed by atoms with E-state index in [-0.39, 0.29) is 0 Å².